The van der Waals surface area contributed by atoms with Gasteiger partial charge in [0.25, 0.3) is 0 Å². The number of anilines is 2. The Kier molecular flexibility index (Phi) is 4.29. The third-order valence-electron chi connectivity index (χ3n) is 4.64. The lowest BCUT2D eigenvalue weighted by atomic mass is 9.94. The molecule has 1 unspecified atom stereocenters. The van der Waals surface area contributed by atoms with E-state index >= 15 is 0 Å². The van der Waals surface area contributed by atoms with Crippen LogP contribution in [-0.2, 0) is 0 Å². The molecule has 2 aliphatic rings. The molecular formula is C18H26N2. The summed E-state index contributed by atoms with van der Waals surface area (Å²) in [5.74, 6) is 0.803. The quantitative estimate of drug-likeness (QED) is 0.818. The highest BCUT2D eigenvalue weighted by molar-refractivity contribution is 5.60. The maximum Gasteiger partial charge on any atom is 0.0371 e. The molecule has 1 saturated heterocycles. The highest BCUT2D eigenvalue weighted by Gasteiger charge is 2.14. The van der Waals surface area contributed by atoms with Gasteiger partial charge in [0.1, 0.15) is 0 Å². The minimum absolute atomic E-state index is 0.803. The van der Waals surface area contributed by atoms with Gasteiger partial charge in [0.2, 0.25) is 0 Å². The van der Waals surface area contributed by atoms with E-state index in [-0.39, 0.29) is 0 Å². The molecule has 20 heavy (non-hydrogen) atoms. The van der Waals surface area contributed by atoms with E-state index < -0.39 is 0 Å². The molecule has 1 aliphatic carbocycles. The molecule has 1 fully saturated rings. The molecule has 0 radical (unpaired) electrons. The predicted molar refractivity (Wildman–Crippen MR) is 87.6 cm³/mol. The predicted octanol–water partition coefficient (Wildman–Crippen LogP) is 4.36. The lowest BCUT2D eigenvalue weighted by Crippen LogP contribution is -2.18. The Bertz CT molecular complexity index is 472. The summed E-state index contributed by atoms with van der Waals surface area (Å²) in [5.41, 5.74) is 4.08. The Labute approximate surface area is 122 Å². The van der Waals surface area contributed by atoms with Crippen LogP contribution in [0.5, 0.6) is 0 Å². The van der Waals surface area contributed by atoms with Crippen molar-refractivity contribution in [2.45, 2.75) is 39.0 Å². The van der Waals surface area contributed by atoms with Gasteiger partial charge >= 0.3 is 0 Å². The zero-order valence-corrected chi connectivity index (χ0v) is 12.6. The Morgan fingerprint density at radius 3 is 2.75 bits per heavy atom. The van der Waals surface area contributed by atoms with Gasteiger partial charge in [-0.1, -0.05) is 12.2 Å². The van der Waals surface area contributed by atoms with Crippen LogP contribution in [0.4, 0.5) is 11.4 Å². The number of allylic oxidation sites excluding steroid dienone is 2. The number of nitrogens with one attached hydrogen (secondary N) is 1. The van der Waals surface area contributed by atoms with Gasteiger partial charge in [0.15, 0.2) is 0 Å². The maximum atomic E-state index is 3.65. The second-order valence-electron chi connectivity index (χ2n) is 6.22. The monoisotopic (exact) mass is 270 g/mol. The van der Waals surface area contributed by atoms with Gasteiger partial charge in [0, 0.05) is 31.0 Å². The van der Waals surface area contributed by atoms with Crippen molar-refractivity contribution in [1.29, 1.82) is 0 Å². The molecule has 2 nitrogen and oxygen atoms in total. The van der Waals surface area contributed by atoms with Gasteiger partial charge in [-0.15, -0.1) is 0 Å². The largest absolute Gasteiger partial charge is 0.385 e. The molecule has 2 heteroatoms. The van der Waals surface area contributed by atoms with Crippen molar-refractivity contribution < 1.29 is 0 Å². The van der Waals surface area contributed by atoms with Gasteiger partial charge in [-0.2, -0.15) is 0 Å². The summed E-state index contributed by atoms with van der Waals surface area (Å²) in [6.07, 6.45) is 11.1. The average molecular weight is 270 g/mol. The summed E-state index contributed by atoms with van der Waals surface area (Å²) in [6.45, 7) is 5.78. The first-order valence-corrected chi connectivity index (χ1v) is 8.07. The smallest absolute Gasteiger partial charge is 0.0371 e. The summed E-state index contributed by atoms with van der Waals surface area (Å²) in [7, 11) is 0. The number of aryl methyl sites for hydroxylation is 1. The summed E-state index contributed by atoms with van der Waals surface area (Å²) in [5, 5.41) is 3.65. The van der Waals surface area contributed by atoms with Gasteiger partial charge in [-0.3, -0.25) is 0 Å². The molecule has 1 aromatic rings. The van der Waals surface area contributed by atoms with Crippen molar-refractivity contribution in [3.8, 4) is 0 Å². The van der Waals surface area contributed by atoms with Crippen molar-refractivity contribution in [2.24, 2.45) is 5.92 Å². The second kappa shape index (κ2) is 6.34. The first kappa shape index (κ1) is 13.5. The normalized spacial score (nSPS) is 22.2. The first-order valence-electron chi connectivity index (χ1n) is 8.07. The van der Waals surface area contributed by atoms with Crippen LogP contribution in [0, 0.1) is 12.8 Å². The number of hydrogen-bond donors (Lipinski definition) is 1. The van der Waals surface area contributed by atoms with E-state index in [1.807, 2.05) is 0 Å². The Hall–Kier alpha value is -1.44. The Morgan fingerprint density at radius 1 is 1.20 bits per heavy atom. The van der Waals surface area contributed by atoms with Crippen LogP contribution in [0.25, 0.3) is 0 Å². The van der Waals surface area contributed by atoms with E-state index in [2.05, 4.69) is 47.5 Å². The summed E-state index contributed by atoms with van der Waals surface area (Å²) in [6, 6.07) is 6.89. The van der Waals surface area contributed by atoms with Crippen LogP contribution in [0.3, 0.4) is 0 Å². The van der Waals surface area contributed by atoms with Crippen molar-refractivity contribution >= 4 is 11.4 Å². The molecule has 1 heterocycles. The van der Waals surface area contributed by atoms with Gasteiger partial charge in [-0.05, 0) is 68.7 Å². The van der Waals surface area contributed by atoms with Crippen molar-refractivity contribution in [1.82, 2.24) is 0 Å². The first-order chi connectivity index (χ1) is 9.83. The fourth-order valence-corrected chi connectivity index (χ4v) is 3.31. The fourth-order valence-electron chi connectivity index (χ4n) is 3.31. The highest BCUT2D eigenvalue weighted by atomic mass is 15.1. The fraction of sp³-hybridized carbons (Fsp3) is 0.556. The molecule has 0 aromatic heterocycles. The molecule has 1 N–H and O–H groups in total. The zero-order chi connectivity index (χ0) is 13.8. The lowest BCUT2D eigenvalue weighted by molar-refractivity contribution is 0.504. The van der Waals surface area contributed by atoms with Crippen LogP contribution in [0.1, 0.15) is 37.7 Å². The third kappa shape index (κ3) is 3.17. The minimum atomic E-state index is 0.803. The summed E-state index contributed by atoms with van der Waals surface area (Å²) in [4.78, 5) is 2.50. The van der Waals surface area contributed by atoms with E-state index in [0.29, 0.717) is 0 Å². The van der Waals surface area contributed by atoms with Crippen LogP contribution in [-0.4, -0.2) is 19.6 Å². The Morgan fingerprint density at radius 2 is 2.05 bits per heavy atom. The third-order valence-corrected chi connectivity index (χ3v) is 4.64. The van der Waals surface area contributed by atoms with Gasteiger partial charge in [-0.25, -0.2) is 0 Å². The van der Waals surface area contributed by atoms with E-state index in [1.54, 1.807) is 0 Å². The maximum absolute atomic E-state index is 3.65. The zero-order valence-electron chi connectivity index (χ0n) is 12.6. The highest BCUT2D eigenvalue weighted by Crippen LogP contribution is 2.26. The molecule has 0 amide bonds. The number of hydrogen-bond acceptors (Lipinski definition) is 2. The molecule has 0 saturated carbocycles. The average Bonchev–Trinajstić information content (AvgIpc) is 3.01. The van der Waals surface area contributed by atoms with Crippen LogP contribution < -0.4 is 10.2 Å². The molecule has 1 atom stereocenters. The van der Waals surface area contributed by atoms with Crippen molar-refractivity contribution in [3.63, 3.8) is 0 Å². The lowest BCUT2D eigenvalue weighted by Gasteiger charge is -2.22. The topological polar surface area (TPSA) is 15.3 Å². The van der Waals surface area contributed by atoms with Crippen molar-refractivity contribution in [2.75, 3.05) is 29.9 Å². The number of nitrogens with zero attached hydrogens (tertiary/aromatic N) is 1. The van der Waals surface area contributed by atoms with Gasteiger partial charge < -0.3 is 10.2 Å². The Balaban J connectivity index is 1.60. The SMILES string of the molecule is Cc1cc(N2CCCC2)ccc1NCC1CC=CCC1. The molecule has 0 spiro atoms. The van der Waals surface area contributed by atoms with E-state index in [9.17, 15) is 0 Å². The minimum Gasteiger partial charge on any atom is -0.385 e. The van der Waals surface area contributed by atoms with Crippen LogP contribution in [0.2, 0.25) is 0 Å². The van der Waals surface area contributed by atoms with E-state index in [0.717, 1.165) is 12.5 Å². The molecule has 0 bridgehead atoms. The summed E-state index contributed by atoms with van der Waals surface area (Å²) >= 11 is 0. The molecule has 1 aromatic carbocycles. The number of benzene rings is 1. The molecular weight excluding hydrogens is 244 g/mol. The molecule has 108 valence electrons. The van der Waals surface area contributed by atoms with E-state index in [4.69, 9.17) is 0 Å². The van der Waals surface area contributed by atoms with Gasteiger partial charge in [0.05, 0.1) is 0 Å². The standard InChI is InChI=1S/C18H26N2/c1-15-13-17(20-11-5-6-12-20)9-10-18(15)19-14-16-7-3-2-4-8-16/h2-3,9-10,13,16,19H,4-8,11-12,14H2,1H3. The van der Waals surface area contributed by atoms with Crippen molar-refractivity contribution in [3.05, 3.63) is 35.9 Å². The molecule has 3 rings (SSSR count). The summed E-state index contributed by atoms with van der Waals surface area (Å²) < 4.78 is 0. The van der Waals surface area contributed by atoms with Crippen LogP contribution >= 0.6 is 0 Å². The number of rotatable bonds is 4. The van der Waals surface area contributed by atoms with Crippen LogP contribution in [0.15, 0.2) is 30.4 Å². The molecule has 1 aliphatic heterocycles. The van der Waals surface area contributed by atoms with E-state index in [1.165, 1.54) is 62.1 Å². The second-order valence-corrected chi connectivity index (χ2v) is 6.22.